The zero-order valence-corrected chi connectivity index (χ0v) is 15.6. The molecule has 0 aliphatic carbocycles. The van der Waals surface area contributed by atoms with Crippen LogP contribution in [0.1, 0.15) is 18.4 Å². The molecule has 0 radical (unpaired) electrons. The minimum atomic E-state index is 0.0809. The summed E-state index contributed by atoms with van der Waals surface area (Å²) in [5, 5.41) is 0. The van der Waals surface area contributed by atoms with Crippen LogP contribution in [0.5, 0.6) is 0 Å². The number of piperidine rings is 1. The van der Waals surface area contributed by atoms with E-state index in [9.17, 15) is 4.79 Å². The van der Waals surface area contributed by atoms with Crippen molar-refractivity contribution >= 4 is 17.4 Å². The molecule has 1 fully saturated rings. The summed E-state index contributed by atoms with van der Waals surface area (Å²) in [5.41, 5.74) is 2.37. The van der Waals surface area contributed by atoms with Gasteiger partial charge in [0.2, 0.25) is 5.91 Å². The number of benzene rings is 1. The Hall–Kier alpha value is -3.22. The largest absolute Gasteiger partial charge is 0.356 e. The van der Waals surface area contributed by atoms with Crippen molar-refractivity contribution in [3.8, 4) is 5.82 Å². The molecule has 1 amide bonds. The summed E-state index contributed by atoms with van der Waals surface area (Å²) in [7, 11) is 0. The summed E-state index contributed by atoms with van der Waals surface area (Å²) in [6.45, 7) is 2.46. The van der Waals surface area contributed by atoms with Crippen LogP contribution in [0.4, 0.5) is 11.5 Å². The van der Waals surface area contributed by atoms with Gasteiger partial charge < -0.3 is 9.80 Å². The summed E-state index contributed by atoms with van der Waals surface area (Å²) in [6, 6.07) is 10.2. The molecule has 0 atom stereocenters. The number of carbonyl (C=O) groups is 1. The average molecular weight is 374 g/mol. The highest BCUT2D eigenvalue weighted by Gasteiger charge is 2.32. The normalized spacial score (nSPS) is 17.0. The maximum Gasteiger partial charge on any atom is 0.230 e. The van der Waals surface area contributed by atoms with Gasteiger partial charge in [0.25, 0.3) is 0 Å². The summed E-state index contributed by atoms with van der Waals surface area (Å²) in [5.74, 6) is 2.05. The molecule has 2 aliphatic rings. The Kier molecular flexibility index (Phi) is 4.27. The van der Waals surface area contributed by atoms with Crippen LogP contribution < -0.4 is 9.80 Å². The van der Waals surface area contributed by atoms with Crippen molar-refractivity contribution in [3.63, 3.8) is 0 Å². The number of hydrogen-bond acceptors (Lipinski definition) is 5. The monoisotopic (exact) mass is 374 g/mol. The van der Waals surface area contributed by atoms with Crippen LogP contribution in [-0.2, 0) is 11.2 Å². The second-order valence-corrected chi connectivity index (χ2v) is 7.33. The van der Waals surface area contributed by atoms with Crippen molar-refractivity contribution in [1.82, 2.24) is 19.5 Å². The van der Waals surface area contributed by atoms with Gasteiger partial charge in [-0.25, -0.2) is 15.0 Å². The van der Waals surface area contributed by atoms with Crippen molar-refractivity contribution in [2.24, 2.45) is 5.92 Å². The average Bonchev–Trinajstić information content (AvgIpc) is 3.44. The van der Waals surface area contributed by atoms with Gasteiger partial charge in [0.15, 0.2) is 0 Å². The van der Waals surface area contributed by atoms with E-state index in [1.165, 1.54) is 5.56 Å². The molecule has 0 saturated carbocycles. The van der Waals surface area contributed by atoms with Crippen LogP contribution in [0.3, 0.4) is 0 Å². The van der Waals surface area contributed by atoms with Crippen LogP contribution in [0.2, 0.25) is 0 Å². The Bertz CT molecular complexity index is 978. The van der Waals surface area contributed by atoms with E-state index in [4.69, 9.17) is 0 Å². The first kappa shape index (κ1) is 16.9. The van der Waals surface area contributed by atoms with E-state index in [1.54, 1.807) is 18.9 Å². The molecule has 2 aliphatic heterocycles. The number of anilines is 2. The molecule has 0 unspecified atom stereocenters. The highest BCUT2D eigenvalue weighted by molar-refractivity contribution is 5.97. The van der Waals surface area contributed by atoms with Gasteiger partial charge >= 0.3 is 0 Å². The van der Waals surface area contributed by atoms with E-state index in [-0.39, 0.29) is 11.8 Å². The molecular formula is C21H22N6O. The quantitative estimate of drug-likeness (QED) is 0.705. The van der Waals surface area contributed by atoms with Crippen LogP contribution in [0, 0.1) is 5.92 Å². The topological polar surface area (TPSA) is 67.2 Å². The zero-order valence-electron chi connectivity index (χ0n) is 15.6. The smallest absolute Gasteiger partial charge is 0.230 e. The molecule has 28 heavy (non-hydrogen) atoms. The molecule has 3 aromatic rings. The van der Waals surface area contributed by atoms with E-state index in [1.807, 2.05) is 33.9 Å². The lowest BCUT2D eigenvalue weighted by Crippen LogP contribution is -2.42. The molecular weight excluding hydrogens is 352 g/mol. The van der Waals surface area contributed by atoms with Gasteiger partial charge in [-0.05, 0) is 30.9 Å². The highest BCUT2D eigenvalue weighted by Crippen LogP contribution is 2.31. The first-order valence-corrected chi connectivity index (χ1v) is 9.74. The second kappa shape index (κ2) is 7.07. The van der Waals surface area contributed by atoms with Gasteiger partial charge in [-0.2, -0.15) is 0 Å². The van der Waals surface area contributed by atoms with Crippen LogP contribution in [0.25, 0.3) is 5.82 Å². The molecule has 0 N–H and O–H groups in total. The Balaban J connectivity index is 1.26. The van der Waals surface area contributed by atoms with Gasteiger partial charge in [-0.1, -0.05) is 18.2 Å². The van der Waals surface area contributed by atoms with Gasteiger partial charge in [0.1, 0.15) is 24.3 Å². The van der Waals surface area contributed by atoms with E-state index in [2.05, 4.69) is 32.0 Å². The first-order chi connectivity index (χ1) is 13.8. The van der Waals surface area contributed by atoms with Gasteiger partial charge in [-0.15, -0.1) is 0 Å². The second-order valence-electron chi connectivity index (χ2n) is 7.33. The molecule has 4 heterocycles. The van der Waals surface area contributed by atoms with Crippen LogP contribution in [-0.4, -0.2) is 45.1 Å². The predicted molar refractivity (Wildman–Crippen MR) is 107 cm³/mol. The molecule has 5 rings (SSSR count). The summed E-state index contributed by atoms with van der Waals surface area (Å²) in [6.07, 6.45) is 9.57. The molecule has 7 nitrogen and oxygen atoms in total. The van der Waals surface area contributed by atoms with Gasteiger partial charge in [0.05, 0.1) is 0 Å². The number of carbonyl (C=O) groups excluding carboxylic acids is 1. The fourth-order valence-electron chi connectivity index (χ4n) is 4.19. The maximum absolute atomic E-state index is 13.1. The third-order valence-electron chi connectivity index (χ3n) is 5.73. The van der Waals surface area contributed by atoms with E-state index < -0.39 is 0 Å². The Morgan fingerprint density at radius 1 is 1.04 bits per heavy atom. The number of fused-ring (bicyclic) bond motifs is 1. The molecule has 1 aromatic carbocycles. The number of nitrogens with zero attached hydrogens (tertiary/aromatic N) is 6. The zero-order chi connectivity index (χ0) is 18.9. The first-order valence-electron chi connectivity index (χ1n) is 9.74. The molecule has 1 saturated heterocycles. The van der Waals surface area contributed by atoms with Gasteiger partial charge in [-0.3, -0.25) is 9.36 Å². The number of imidazole rings is 1. The minimum Gasteiger partial charge on any atom is -0.356 e. The third-order valence-corrected chi connectivity index (χ3v) is 5.73. The lowest BCUT2D eigenvalue weighted by molar-refractivity contribution is -0.122. The molecule has 2 aromatic heterocycles. The van der Waals surface area contributed by atoms with Crippen LogP contribution >= 0.6 is 0 Å². The van der Waals surface area contributed by atoms with Crippen LogP contribution in [0.15, 0.2) is 55.4 Å². The minimum absolute atomic E-state index is 0.0809. The summed E-state index contributed by atoms with van der Waals surface area (Å²) in [4.78, 5) is 30.1. The number of aromatic nitrogens is 4. The van der Waals surface area contributed by atoms with Crippen molar-refractivity contribution in [2.45, 2.75) is 19.3 Å². The van der Waals surface area contributed by atoms with E-state index in [0.717, 1.165) is 56.2 Å². The molecule has 0 bridgehead atoms. The summed E-state index contributed by atoms with van der Waals surface area (Å²) >= 11 is 0. The van der Waals surface area contributed by atoms with E-state index in [0.29, 0.717) is 0 Å². The van der Waals surface area contributed by atoms with Gasteiger partial charge in [0, 0.05) is 49.7 Å². The number of hydrogen-bond donors (Lipinski definition) is 0. The maximum atomic E-state index is 13.1. The summed E-state index contributed by atoms with van der Waals surface area (Å²) < 4.78 is 1.87. The number of amides is 1. The molecule has 0 spiro atoms. The van der Waals surface area contributed by atoms with E-state index >= 15 is 0 Å². The Morgan fingerprint density at radius 3 is 2.68 bits per heavy atom. The number of para-hydroxylation sites is 1. The lowest BCUT2D eigenvalue weighted by atomic mass is 9.95. The van der Waals surface area contributed by atoms with Crippen molar-refractivity contribution in [3.05, 3.63) is 60.9 Å². The Labute approximate surface area is 163 Å². The highest BCUT2D eigenvalue weighted by atomic mass is 16.2. The SMILES string of the molecule is O=C(C1CCN(c2cc(-n3ccnc3)ncn2)CC1)N1CCc2ccccc21. The predicted octanol–water partition coefficient (Wildman–Crippen LogP) is 2.47. The fourth-order valence-corrected chi connectivity index (χ4v) is 4.19. The third kappa shape index (κ3) is 3.02. The van der Waals surface area contributed by atoms with Crippen molar-refractivity contribution < 1.29 is 4.79 Å². The number of rotatable bonds is 3. The Morgan fingerprint density at radius 2 is 1.86 bits per heavy atom. The van der Waals surface area contributed by atoms with Crippen molar-refractivity contribution in [1.29, 1.82) is 0 Å². The van der Waals surface area contributed by atoms with Crippen molar-refractivity contribution in [2.75, 3.05) is 29.4 Å². The fraction of sp³-hybridized carbons (Fsp3) is 0.333. The lowest BCUT2D eigenvalue weighted by Gasteiger charge is -2.34. The standard InChI is InChI=1S/C21H22N6O/c28-21(27-11-7-16-3-1-2-4-18(16)27)17-5-9-25(10-6-17)19-13-20(24-14-23-19)26-12-8-22-15-26/h1-4,8,12-15,17H,5-7,9-11H2. The molecule has 142 valence electrons. The molecule has 7 heteroatoms.